The van der Waals surface area contributed by atoms with E-state index < -0.39 is 16.1 Å². The molecule has 7 heteroatoms. The van der Waals surface area contributed by atoms with Crippen molar-refractivity contribution in [3.8, 4) is 0 Å². The molecule has 2 aromatic rings. The molecule has 0 bridgehead atoms. The van der Waals surface area contributed by atoms with Gasteiger partial charge in [-0.2, -0.15) is 4.31 Å². The van der Waals surface area contributed by atoms with Crippen molar-refractivity contribution in [2.45, 2.75) is 10.9 Å². The molecular formula is C16H16N2O3S2. The second-order valence-corrected chi connectivity index (χ2v) is 7.97. The molecule has 1 atom stereocenters. The highest BCUT2D eigenvalue weighted by Crippen LogP contribution is 2.28. The number of benzene rings is 2. The van der Waals surface area contributed by atoms with Gasteiger partial charge in [-0.25, -0.2) is 8.42 Å². The Balaban J connectivity index is 1.82. The fraction of sp³-hybridized carbons (Fsp3) is 0.188. The lowest BCUT2D eigenvalue weighted by Crippen LogP contribution is -2.44. The van der Waals surface area contributed by atoms with Crippen LogP contribution in [0.15, 0.2) is 65.6 Å². The molecule has 1 aliphatic heterocycles. The van der Waals surface area contributed by atoms with Gasteiger partial charge in [0.2, 0.25) is 15.9 Å². The van der Waals surface area contributed by atoms with Gasteiger partial charge in [-0.15, -0.1) is 11.8 Å². The molecule has 5 nitrogen and oxygen atoms in total. The van der Waals surface area contributed by atoms with Gasteiger partial charge < -0.3 is 5.32 Å². The van der Waals surface area contributed by atoms with E-state index in [1.165, 1.54) is 16.1 Å². The van der Waals surface area contributed by atoms with Gasteiger partial charge in [0, 0.05) is 11.4 Å². The third kappa shape index (κ3) is 3.41. The summed E-state index contributed by atoms with van der Waals surface area (Å²) in [6.45, 7) is 0. The molecule has 0 radical (unpaired) electrons. The van der Waals surface area contributed by atoms with Crippen molar-refractivity contribution >= 4 is 33.4 Å². The number of hydrogen-bond acceptors (Lipinski definition) is 4. The molecule has 3 rings (SSSR count). The maximum absolute atomic E-state index is 12.7. The molecule has 0 aliphatic carbocycles. The average Bonchev–Trinajstić information content (AvgIpc) is 3.07. The first-order valence-electron chi connectivity index (χ1n) is 7.09. The zero-order valence-corrected chi connectivity index (χ0v) is 13.9. The van der Waals surface area contributed by atoms with Crippen molar-refractivity contribution in [3.63, 3.8) is 0 Å². The maximum atomic E-state index is 12.7. The Hall–Kier alpha value is -1.83. The van der Waals surface area contributed by atoms with E-state index in [9.17, 15) is 13.2 Å². The van der Waals surface area contributed by atoms with Gasteiger partial charge in [-0.1, -0.05) is 36.4 Å². The average molecular weight is 348 g/mol. The Labute approximate surface area is 139 Å². The summed E-state index contributed by atoms with van der Waals surface area (Å²) in [5.41, 5.74) is 0.659. The summed E-state index contributed by atoms with van der Waals surface area (Å²) < 4.78 is 26.7. The molecule has 120 valence electrons. The number of hydrogen-bond donors (Lipinski definition) is 1. The Morgan fingerprint density at radius 1 is 1.04 bits per heavy atom. The molecule has 1 aliphatic rings. The van der Waals surface area contributed by atoms with Crippen molar-refractivity contribution in [2.24, 2.45) is 0 Å². The molecule has 1 N–H and O–H groups in total. The summed E-state index contributed by atoms with van der Waals surface area (Å²) in [6.07, 6.45) is 0. The summed E-state index contributed by atoms with van der Waals surface area (Å²) in [5.74, 6) is 0.426. The van der Waals surface area contributed by atoms with E-state index >= 15 is 0 Å². The van der Waals surface area contributed by atoms with Crippen LogP contribution in [0.1, 0.15) is 0 Å². The zero-order chi connectivity index (χ0) is 16.3. The van der Waals surface area contributed by atoms with Gasteiger partial charge in [0.25, 0.3) is 0 Å². The first kappa shape index (κ1) is 16.0. The minimum atomic E-state index is -3.67. The molecule has 1 amide bonds. The van der Waals surface area contributed by atoms with Crippen LogP contribution in [0.5, 0.6) is 0 Å². The molecular weight excluding hydrogens is 332 g/mol. The lowest BCUT2D eigenvalue weighted by Gasteiger charge is -2.22. The largest absolute Gasteiger partial charge is 0.325 e. The first-order valence-corrected chi connectivity index (χ1v) is 9.69. The summed E-state index contributed by atoms with van der Waals surface area (Å²) >= 11 is 1.44. The monoisotopic (exact) mass is 348 g/mol. The predicted octanol–water partition coefficient (Wildman–Crippen LogP) is 2.39. The van der Waals surface area contributed by atoms with E-state index in [4.69, 9.17) is 0 Å². The number of carbonyl (C=O) groups excluding carboxylic acids is 1. The highest BCUT2D eigenvalue weighted by atomic mass is 32.2. The number of rotatable bonds is 4. The van der Waals surface area contributed by atoms with E-state index in [2.05, 4.69) is 5.32 Å². The second-order valence-electron chi connectivity index (χ2n) is 5.08. The summed E-state index contributed by atoms with van der Waals surface area (Å²) in [6, 6.07) is 16.5. The highest BCUT2D eigenvalue weighted by molar-refractivity contribution is 8.00. The number of carbonyl (C=O) groups is 1. The normalized spacial score (nSPS) is 18.7. The second kappa shape index (κ2) is 6.74. The Morgan fingerprint density at radius 3 is 2.30 bits per heavy atom. The molecule has 0 saturated carbocycles. The number of nitrogens with zero attached hydrogens (tertiary/aromatic N) is 1. The van der Waals surface area contributed by atoms with Crippen LogP contribution in [-0.2, 0) is 14.8 Å². The minimum absolute atomic E-state index is 0.208. The van der Waals surface area contributed by atoms with Gasteiger partial charge in [0.15, 0.2) is 0 Å². The molecule has 0 unspecified atom stereocenters. The smallest absolute Gasteiger partial charge is 0.244 e. The van der Waals surface area contributed by atoms with Crippen LogP contribution in [0.2, 0.25) is 0 Å². The molecule has 23 heavy (non-hydrogen) atoms. The fourth-order valence-corrected chi connectivity index (χ4v) is 5.52. The number of amides is 1. The van der Waals surface area contributed by atoms with Crippen LogP contribution in [0.3, 0.4) is 0 Å². The van der Waals surface area contributed by atoms with Crippen LogP contribution >= 0.6 is 11.8 Å². The topological polar surface area (TPSA) is 66.5 Å². The Bertz CT molecular complexity index is 779. The minimum Gasteiger partial charge on any atom is -0.325 e. The van der Waals surface area contributed by atoms with Crippen molar-refractivity contribution in [2.75, 3.05) is 16.9 Å². The Morgan fingerprint density at radius 2 is 1.65 bits per heavy atom. The zero-order valence-electron chi connectivity index (χ0n) is 12.3. The van der Waals surface area contributed by atoms with Crippen molar-refractivity contribution in [1.82, 2.24) is 4.31 Å². The van der Waals surface area contributed by atoms with Crippen LogP contribution in [-0.4, -0.2) is 36.3 Å². The van der Waals surface area contributed by atoms with Crippen molar-refractivity contribution in [3.05, 3.63) is 60.7 Å². The standard InChI is InChI=1S/C16H16N2O3S2/c19-16(17-13-7-3-1-4-8-13)15-11-22-12-18(15)23(20,21)14-9-5-2-6-10-14/h1-10,15H,11-12H2,(H,17,19)/t15-/m1/s1. The lowest BCUT2D eigenvalue weighted by atomic mass is 10.3. The molecule has 1 saturated heterocycles. The van der Waals surface area contributed by atoms with E-state index in [1.807, 2.05) is 18.2 Å². The SMILES string of the molecule is O=C(Nc1ccccc1)[C@H]1CSCN1S(=O)(=O)c1ccccc1. The van der Waals surface area contributed by atoms with Gasteiger partial charge in [-0.3, -0.25) is 4.79 Å². The molecule has 0 spiro atoms. The molecule has 2 aromatic carbocycles. The lowest BCUT2D eigenvalue weighted by molar-refractivity contribution is -0.118. The maximum Gasteiger partial charge on any atom is 0.244 e. The predicted molar refractivity (Wildman–Crippen MR) is 91.7 cm³/mol. The Kier molecular flexibility index (Phi) is 4.70. The van der Waals surface area contributed by atoms with Crippen LogP contribution in [0.4, 0.5) is 5.69 Å². The molecule has 0 aromatic heterocycles. The summed E-state index contributed by atoms with van der Waals surface area (Å²) in [4.78, 5) is 12.7. The van der Waals surface area contributed by atoms with Crippen LogP contribution in [0, 0.1) is 0 Å². The quantitative estimate of drug-likeness (QED) is 0.921. The van der Waals surface area contributed by atoms with Crippen molar-refractivity contribution in [1.29, 1.82) is 0 Å². The number of anilines is 1. The van der Waals surface area contributed by atoms with Gasteiger partial charge in [-0.05, 0) is 24.3 Å². The fourth-order valence-electron chi connectivity index (χ4n) is 2.35. The third-order valence-corrected chi connectivity index (χ3v) is 6.58. The van der Waals surface area contributed by atoms with Gasteiger partial charge >= 0.3 is 0 Å². The van der Waals surface area contributed by atoms with Gasteiger partial charge in [0.05, 0.1) is 10.8 Å². The van der Waals surface area contributed by atoms with E-state index in [1.54, 1.807) is 42.5 Å². The number of thioether (sulfide) groups is 1. The van der Waals surface area contributed by atoms with E-state index in [-0.39, 0.29) is 16.7 Å². The number of nitrogens with one attached hydrogen (secondary N) is 1. The number of sulfonamides is 1. The molecule has 1 fully saturated rings. The van der Waals surface area contributed by atoms with Crippen LogP contribution < -0.4 is 5.32 Å². The summed E-state index contributed by atoms with van der Waals surface area (Å²) in [5, 5.41) is 2.78. The highest BCUT2D eigenvalue weighted by Gasteiger charge is 2.39. The van der Waals surface area contributed by atoms with Crippen molar-refractivity contribution < 1.29 is 13.2 Å². The third-order valence-electron chi connectivity index (χ3n) is 3.54. The van der Waals surface area contributed by atoms with E-state index in [0.717, 1.165) is 0 Å². The number of para-hydroxylation sites is 1. The first-order chi connectivity index (χ1) is 11.1. The van der Waals surface area contributed by atoms with Gasteiger partial charge in [0.1, 0.15) is 6.04 Å². The van der Waals surface area contributed by atoms with E-state index in [0.29, 0.717) is 11.4 Å². The summed E-state index contributed by atoms with van der Waals surface area (Å²) in [7, 11) is -3.67. The van der Waals surface area contributed by atoms with Crippen LogP contribution in [0.25, 0.3) is 0 Å². The molecule has 1 heterocycles.